The quantitative estimate of drug-likeness (QED) is 0.382. The first-order valence-electron chi connectivity index (χ1n) is 12.5. The molecule has 1 saturated heterocycles. The molecule has 2 aliphatic carbocycles. The Morgan fingerprint density at radius 2 is 2.00 bits per heavy atom. The van der Waals surface area contributed by atoms with E-state index in [9.17, 15) is 4.79 Å². The minimum absolute atomic E-state index is 0.269. The highest BCUT2D eigenvalue weighted by Gasteiger charge is 2.31. The number of fused-ring (bicyclic) bond motifs is 1. The Labute approximate surface area is 191 Å². The lowest BCUT2D eigenvalue weighted by Gasteiger charge is -2.26. The summed E-state index contributed by atoms with van der Waals surface area (Å²) in [5.41, 5.74) is 1.36. The standard InChI is InChI=1S/C24H39N5OS/c1-2-25-24(26-15-8-13-22-28-20-11-6-7-12-21(20)31-22)27-19-14-16-29(17-19)23(30)18-9-4-3-5-10-18/h18-19H,2-17H2,1H3,(H2,25,26,27). The SMILES string of the molecule is CCNC(=NCCCc1nc2c(s1)CCCC2)NC1CCN(C(=O)C2CCCCC2)C1. The largest absolute Gasteiger partial charge is 0.357 e. The fourth-order valence-corrected chi connectivity index (χ4v) is 6.33. The molecule has 172 valence electrons. The monoisotopic (exact) mass is 445 g/mol. The molecule has 0 spiro atoms. The predicted molar refractivity (Wildman–Crippen MR) is 128 cm³/mol. The van der Waals surface area contributed by atoms with Crippen molar-refractivity contribution in [3.8, 4) is 0 Å². The number of hydrogen-bond donors (Lipinski definition) is 2. The summed E-state index contributed by atoms with van der Waals surface area (Å²) in [7, 11) is 0. The molecular weight excluding hydrogens is 406 g/mol. The molecule has 3 aliphatic rings. The van der Waals surface area contributed by atoms with E-state index in [1.807, 2.05) is 11.3 Å². The lowest BCUT2D eigenvalue weighted by molar-refractivity contribution is -0.135. The first-order chi connectivity index (χ1) is 15.2. The second-order valence-corrected chi connectivity index (χ2v) is 10.5. The molecule has 1 aromatic rings. The normalized spacial score (nSPS) is 22.4. The van der Waals surface area contributed by atoms with Crippen molar-refractivity contribution in [1.29, 1.82) is 0 Å². The third-order valence-corrected chi connectivity index (χ3v) is 8.07. The Hall–Kier alpha value is -1.63. The van der Waals surface area contributed by atoms with Gasteiger partial charge in [0.25, 0.3) is 0 Å². The maximum absolute atomic E-state index is 12.8. The molecule has 0 bridgehead atoms. The van der Waals surface area contributed by atoms with Gasteiger partial charge in [-0.2, -0.15) is 0 Å². The Bertz CT molecular complexity index is 732. The lowest BCUT2D eigenvalue weighted by atomic mass is 9.88. The molecule has 2 heterocycles. The van der Waals surface area contributed by atoms with Crippen molar-refractivity contribution in [2.24, 2.45) is 10.9 Å². The number of aryl methyl sites for hydroxylation is 3. The second kappa shape index (κ2) is 11.3. The number of rotatable bonds is 7. The number of aliphatic imine (C=N–C) groups is 1. The van der Waals surface area contributed by atoms with Gasteiger partial charge in [0.05, 0.1) is 10.7 Å². The Morgan fingerprint density at radius 1 is 1.16 bits per heavy atom. The van der Waals surface area contributed by atoms with Gasteiger partial charge in [-0.3, -0.25) is 9.79 Å². The molecule has 0 radical (unpaired) electrons. The van der Waals surface area contributed by atoms with Gasteiger partial charge < -0.3 is 15.5 Å². The summed E-state index contributed by atoms with van der Waals surface area (Å²) in [4.78, 5) is 26.1. The van der Waals surface area contributed by atoms with E-state index < -0.39 is 0 Å². The smallest absolute Gasteiger partial charge is 0.225 e. The number of carbonyl (C=O) groups is 1. The number of nitrogens with zero attached hydrogens (tertiary/aromatic N) is 3. The van der Waals surface area contributed by atoms with E-state index in [0.29, 0.717) is 11.9 Å². The summed E-state index contributed by atoms with van der Waals surface area (Å²) in [6.45, 7) is 5.44. The van der Waals surface area contributed by atoms with Gasteiger partial charge in [-0.05, 0) is 58.3 Å². The fourth-order valence-electron chi connectivity index (χ4n) is 5.13. The highest BCUT2D eigenvalue weighted by atomic mass is 32.1. The van der Waals surface area contributed by atoms with Gasteiger partial charge in [0, 0.05) is 49.4 Å². The van der Waals surface area contributed by atoms with Crippen LogP contribution in [-0.2, 0) is 24.1 Å². The van der Waals surface area contributed by atoms with Gasteiger partial charge in [-0.1, -0.05) is 19.3 Å². The Morgan fingerprint density at radius 3 is 2.81 bits per heavy atom. The first kappa shape index (κ1) is 22.6. The van der Waals surface area contributed by atoms with Gasteiger partial charge >= 0.3 is 0 Å². The summed E-state index contributed by atoms with van der Waals surface area (Å²) in [5.74, 6) is 1.54. The van der Waals surface area contributed by atoms with E-state index in [0.717, 1.165) is 64.2 Å². The minimum atomic E-state index is 0.269. The molecule has 1 aliphatic heterocycles. The zero-order chi connectivity index (χ0) is 21.5. The fraction of sp³-hybridized carbons (Fsp3) is 0.792. The van der Waals surface area contributed by atoms with Gasteiger partial charge in [-0.25, -0.2) is 4.98 Å². The van der Waals surface area contributed by atoms with Crippen LogP contribution in [0.1, 0.15) is 80.3 Å². The number of thiazole rings is 1. The minimum Gasteiger partial charge on any atom is -0.357 e. The molecule has 7 heteroatoms. The third-order valence-electron chi connectivity index (χ3n) is 6.85. The molecule has 31 heavy (non-hydrogen) atoms. The molecule has 1 saturated carbocycles. The van der Waals surface area contributed by atoms with Gasteiger partial charge in [0.2, 0.25) is 5.91 Å². The Kier molecular flexibility index (Phi) is 8.22. The summed E-state index contributed by atoms with van der Waals surface area (Å²) in [5, 5.41) is 8.24. The summed E-state index contributed by atoms with van der Waals surface area (Å²) in [6, 6.07) is 0.302. The van der Waals surface area contributed by atoms with Gasteiger partial charge in [0.15, 0.2) is 5.96 Å². The number of carbonyl (C=O) groups excluding carboxylic acids is 1. The maximum Gasteiger partial charge on any atom is 0.225 e. The second-order valence-electron chi connectivity index (χ2n) is 9.30. The average molecular weight is 446 g/mol. The van der Waals surface area contributed by atoms with Crippen LogP contribution in [0.4, 0.5) is 0 Å². The van der Waals surface area contributed by atoms with Crippen LogP contribution in [0.5, 0.6) is 0 Å². The van der Waals surface area contributed by atoms with E-state index in [-0.39, 0.29) is 5.92 Å². The molecular formula is C24H39N5OS. The van der Waals surface area contributed by atoms with E-state index >= 15 is 0 Å². The number of guanidine groups is 1. The molecule has 2 N–H and O–H groups in total. The molecule has 1 unspecified atom stereocenters. The molecule has 1 atom stereocenters. The molecule has 4 rings (SSSR count). The zero-order valence-electron chi connectivity index (χ0n) is 19.1. The van der Waals surface area contributed by atoms with Crippen LogP contribution < -0.4 is 10.6 Å². The van der Waals surface area contributed by atoms with Crippen LogP contribution in [0.25, 0.3) is 0 Å². The molecule has 6 nitrogen and oxygen atoms in total. The number of likely N-dealkylation sites (tertiary alicyclic amines) is 1. The van der Waals surface area contributed by atoms with Crippen molar-refractivity contribution in [3.63, 3.8) is 0 Å². The van der Waals surface area contributed by atoms with Crippen molar-refractivity contribution in [1.82, 2.24) is 20.5 Å². The highest BCUT2D eigenvalue weighted by Crippen LogP contribution is 2.28. The third kappa shape index (κ3) is 6.21. The van der Waals surface area contributed by atoms with Crippen LogP contribution in [-0.4, -0.2) is 54.0 Å². The van der Waals surface area contributed by atoms with Gasteiger partial charge in [-0.15, -0.1) is 11.3 Å². The number of hydrogen-bond acceptors (Lipinski definition) is 4. The van der Waals surface area contributed by atoms with Crippen molar-refractivity contribution in [2.75, 3.05) is 26.2 Å². The summed E-state index contributed by atoms with van der Waals surface area (Å²) in [6.07, 6.45) is 14.0. The van der Waals surface area contributed by atoms with E-state index in [4.69, 9.17) is 9.98 Å². The number of nitrogens with one attached hydrogen (secondary N) is 2. The van der Waals surface area contributed by atoms with E-state index in [2.05, 4.69) is 22.5 Å². The van der Waals surface area contributed by atoms with Crippen molar-refractivity contribution in [2.45, 2.75) is 90.0 Å². The van der Waals surface area contributed by atoms with Crippen molar-refractivity contribution < 1.29 is 4.79 Å². The van der Waals surface area contributed by atoms with Gasteiger partial charge in [0.1, 0.15) is 0 Å². The molecule has 1 amide bonds. The first-order valence-corrected chi connectivity index (χ1v) is 13.4. The van der Waals surface area contributed by atoms with E-state index in [1.54, 1.807) is 0 Å². The predicted octanol–water partition coefficient (Wildman–Crippen LogP) is 3.69. The number of amides is 1. The molecule has 1 aromatic heterocycles. The number of aromatic nitrogens is 1. The average Bonchev–Trinajstić information content (AvgIpc) is 3.43. The molecule has 0 aromatic carbocycles. The van der Waals surface area contributed by atoms with Crippen LogP contribution >= 0.6 is 11.3 Å². The summed E-state index contributed by atoms with van der Waals surface area (Å²) >= 11 is 1.92. The van der Waals surface area contributed by atoms with Crippen LogP contribution in [0, 0.1) is 5.92 Å². The van der Waals surface area contributed by atoms with Crippen molar-refractivity contribution in [3.05, 3.63) is 15.6 Å². The van der Waals surface area contributed by atoms with Crippen LogP contribution in [0.15, 0.2) is 4.99 Å². The topological polar surface area (TPSA) is 69.6 Å². The highest BCUT2D eigenvalue weighted by molar-refractivity contribution is 7.11. The van der Waals surface area contributed by atoms with Crippen LogP contribution in [0.3, 0.4) is 0 Å². The van der Waals surface area contributed by atoms with Crippen LogP contribution in [0.2, 0.25) is 0 Å². The lowest BCUT2D eigenvalue weighted by Crippen LogP contribution is -2.45. The summed E-state index contributed by atoms with van der Waals surface area (Å²) < 4.78 is 0. The Balaban J connectivity index is 1.22. The van der Waals surface area contributed by atoms with E-state index in [1.165, 1.54) is 60.5 Å². The zero-order valence-corrected chi connectivity index (χ0v) is 19.9. The molecule has 2 fully saturated rings. The van der Waals surface area contributed by atoms with Crippen molar-refractivity contribution >= 4 is 23.2 Å². The maximum atomic E-state index is 12.8.